The highest BCUT2D eigenvalue weighted by Gasteiger charge is 2.29. The number of rotatable bonds is 22. The molecule has 0 aliphatic rings. The monoisotopic (exact) mass is 810 g/mol. The first-order chi connectivity index (χ1) is 26.7. The molecule has 0 aromatic heterocycles. The van der Waals surface area contributed by atoms with Crippen molar-refractivity contribution in [1.82, 2.24) is 42.7 Å². The fourth-order valence-electron chi connectivity index (χ4n) is 3.99. The van der Waals surface area contributed by atoms with Crippen LogP contribution >= 0.6 is 0 Å². The Balaban J connectivity index is 2.39. The highest BCUT2D eigenvalue weighted by Crippen LogP contribution is 2.12. The van der Waals surface area contributed by atoms with Crippen molar-refractivity contribution < 1.29 is 67.3 Å². The minimum absolute atomic E-state index is 0.00337. The summed E-state index contributed by atoms with van der Waals surface area (Å²) in [5.74, 6) is -5.43. The van der Waals surface area contributed by atoms with E-state index in [-0.39, 0.29) is 32.6 Å². The lowest BCUT2D eigenvalue weighted by molar-refractivity contribution is -0.157. The van der Waals surface area contributed by atoms with Gasteiger partial charge in [-0.1, -0.05) is 30.3 Å². The van der Waals surface area contributed by atoms with Gasteiger partial charge >= 0.3 is 18.2 Å². The summed E-state index contributed by atoms with van der Waals surface area (Å²) in [5, 5.41) is 25.7. The molecule has 0 unspecified atom stereocenters. The predicted octanol–water partition coefficient (Wildman–Crippen LogP) is -2.08. The van der Waals surface area contributed by atoms with E-state index in [1.54, 1.807) is 71.9 Å². The Kier molecular flexibility index (Phi) is 21.7. The van der Waals surface area contributed by atoms with Crippen LogP contribution in [-0.2, 0) is 59.2 Å². The molecule has 0 aliphatic carbocycles. The zero-order valence-corrected chi connectivity index (χ0v) is 32.9. The maximum absolute atomic E-state index is 12.8. The maximum Gasteiger partial charge on any atom is 0.431 e. The van der Waals surface area contributed by atoms with E-state index in [9.17, 15) is 48.3 Å². The number of carbonyl (C=O) groups excluding carboxylic acids is 9. The van der Waals surface area contributed by atoms with Crippen LogP contribution < -0.4 is 42.7 Å². The Labute approximate surface area is 329 Å². The van der Waals surface area contributed by atoms with Crippen molar-refractivity contribution in [1.29, 1.82) is 0 Å². The van der Waals surface area contributed by atoms with Crippen molar-refractivity contribution in [2.45, 2.75) is 84.3 Å². The van der Waals surface area contributed by atoms with Gasteiger partial charge in [-0.05, 0) is 53.5 Å². The van der Waals surface area contributed by atoms with E-state index in [1.807, 2.05) is 5.48 Å². The fourth-order valence-corrected chi connectivity index (χ4v) is 3.99. The third-order valence-electron chi connectivity index (χ3n) is 6.53. The molecule has 2 atom stereocenters. The summed E-state index contributed by atoms with van der Waals surface area (Å²) in [6.45, 7) is 6.70. The lowest BCUT2D eigenvalue weighted by Gasteiger charge is -2.24. The molecule has 318 valence electrons. The number of carbonyl (C=O) groups is 9. The topological polar surface area (TPSA) is 307 Å². The summed E-state index contributed by atoms with van der Waals surface area (Å²) in [7, 11) is 0. The first-order valence-corrected chi connectivity index (χ1v) is 17.7. The molecular weight excluding hydrogens is 756 g/mol. The summed E-state index contributed by atoms with van der Waals surface area (Å²) in [6, 6.07) is 5.99. The number of hydrogen-bond acceptors (Lipinski definition) is 14. The van der Waals surface area contributed by atoms with Crippen LogP contribution in [0.2, 0.25) is 0 Å². The molecule has 22 nitrogen and oxygen atoms in total. The summed E-state index contributed by atoms with van der Waals surface area (Å²) in [5.41, 5.74) is 1.12. The SMILES string of the molecule is CC(C)(C)OC(=O)NOCCNC(=O)CNC(=O)CNC(=O)CNC(=O)CNC(=O)[C@H](CO)NC(=O)CC[C@H](NC(=O)OCc1ccccc1)C(=O)OC(C)(C)C. The fraction of sp³-hybridized carbons (Fsp3) is 0.571. The minimum Gasteiger partial charge on any atom is -0.458 e. The van der Waals surface area contributed by atoms with E-state index >= 15 is 0 Å². The number of ether oxygens (including phenoxy) is 3. The zero-order chi connectivity index (χ0) is 43.0. The zero-order valence-electron chi connectivity index (χ0n) is 32.9. The summed E-state index contributed by atoms with van der Waals surface area (Å²) in [6.07, 6.45) is -2.38. The normalized spacial score (nSPS) is 12.0. The molecule has 0 saturated carbocycles. The summed E-state index contributed by atoms with van der Waals surface area (Å²) in [4.78, 5) is 115. The van der Waals surface area contributed by atoms with Crippen molar-refractivity contribution in [2.24, 2.45) is 0 Å². The Morgan fingerprint density at radius 2 is 1.16 bits per heavy atom. The molecule has 0 heterocycles. The molecule has 0 saturated heterocycles. The van der Waals surface area contributed by atoms with E-state index in [1.165, 1.54) is 0 Å². The van der Waals surface area contributed by atoms with Crippen LogP contribution in [0, 0.1) is 0 Å². The summed E-state index contributed by atoms with van der Waals surface area (Å²) < 4.78 is 15.5. The van der Waals surface area contributed by atoms with Crippen LogP contribution in [-0.4, -0.2) is 128 Å². The molecule has 22 heteroatoms. The second-order valence-electron chi connectivity index (χ2n) is 14.0. The van der Waals surface area contributed by atoms with Crippen molar-refractivity contribution in [3.63, 3.8) is 0 Å². The van der Waals surface area contributed by atoms with Crippen LogP contribution in [0.4, 0.5) is 9.59 Å². The third kappa shape index (κ3) is 24.9. The van der Waals surface area contributed by atoms with Crippen LogP contribution in [0.3, 0.4) is 0 Å². The van der Waals surface area contributed by atoms with Gasteiger partial charge in [0.25, 0.3) is 0 Å². The van der Waals surface area contributed by atoms with E-state index in [0.717, 1.165) is 0 Å². The van der Waals surface area contributed by atoms with Crippen molar-refractivity contribution in [3.05, 3.63) is 35.9 Å². The van der Waals surface area contributed by atoms with Gasteiger partial charge < -0.3 is 56.5 Å². The lowest BCUT2D eigenvalue weighted by Crippen LogP contribution is -2.51. The minimum atomic E-state index is -1.49. The predicted molar refractivity (Wildman–Crippen MR) is 198 cm³/mol. The number of aliphatic hydroxyl groups is 1. The van der Waals surface area contributed by atoms with Gasteiger partial charge in [-0.15, -0.1) is 0 Å². The molecule has 0 bridgehead atoms. The molecule has 0 fully saturated rings. The Morgan fingerprint density at radius 1 is 0.632 bits per heavy atom. The number of aliphatic hydroxyl groups excluding tert-OH is 1. The van der Waals surface area contributed by atoms with E-state index in [4.69, 9.17) is 19.0 Å². The lowest BCUT2D eigenvalue weighted by atomic mass is 10.1. The van der Waals surface area contributed by atoms with Crippen molar-refractivity contribution in [3.8, 4) is 0 Å². The number of alkyl carbamates (subject to hydrolysis) is 1. The highest BCUT2D eigenvalue weighted by atomic mass is 16.7. The second kappa shape index (κ2) is 25.2. The third-order valence-corrected chi connectivity index (χ3v) is 6.53. The van der Waals surface area contributed by atoms with Crippen LogP contribution in [0.25, 0.3) is 0 Å². The average Bonchev–Trinajstić information content (AvgIpc) is 3.12. The first-order valence-electron chi connectivity index (χ1n) is 17.7. The number of hydroxylamine groups is 1. The second-order valence-corrected chi connectivity index (χ2v) is 14.0. The van der Waals surface area contributed by atoms with Crippen LogP contribution in [0.5, 0.6) is 0 Å². The number of esters is 1. The van der Waals surface area contributed by atoms with Gasteiger partial charge in [-0.2, -0.15) is 5.48 Å². The van der Waals surface area contributed by atoms with Crippen LogP contribution in [0.15, 0.2) is 30.3 Å². The largest absolute Gasteiger partial charge is 0.458 e. The van der Waals surface area contributed by atoms with E-state index in [2.05, 4.69) is 37.2 Å². The molecule has 0 radical (unpaired) electrons. The van der Waals surface area contributed by atoms with Crippen LogP contribution in [0.1, 0.15) is 59.9 Å². The maximum atomic E-state index is 12.8. The number of amides is 8. The summed E-state index contributed by atoms with van der Waals surface area (Å²) >= 11 is 0. The smallest absolute Gasteiger partial charge is 0.431 e. The van der Waals surface area contributed by atoms with Gasteiger partial charge in [0.05, 0.1) is 39.4 Å². The van der Waals surface area contributed by atoms with Gasteiger partial charge in [-0.25, -0.2) is 14.4 Å². The Bertz CT molecular complexity index is 1530. The highest BCUT2D eigenvalue weighted by molar-refractivity contribution is 5.93. The quantitative estimate of drug-likeness (QED) is 0.0263. The molecule has 9 N–H and O–H groups in total. The molecule has 1 aromatic rings. The Morgan fingerprint density at radius 3 is 1.68 bits per heavy atom. The van der Waals surface area contributed by atoms with E-state index in [0.29, 0.717) is 5.56 Å². The number of hydrogen-bond donors (Lipinski definition) is 9. The van der Waals surface area contributed by atoms with Gasteiger partial charge in [0, 0.05) is 13.0 Å². The van der Waals surface area contributed by atoms with Gasteiger partial charge in [-0.3, -0.25) is 33.6 Å². The Hall–Kier alpha value is -6.03. The first kappa shape index (κ1) is 49.0. The average molecular weight is 811 g/mol. The van der Waals surface area contributed by atoms with Gasteiger partial charge in [0.2, 0.25) is 35.4 Å². The molecule has 57 heavy (non-hydrogen) atoms. The molecule has 1 rings (SSSR count). The molecule has 1 aromatic carbocycles. The standard InChI is InChI=1S/C35H54N8O14/c1-34(2,3)56-31(51)23(42-32(52)54-21-22-10-8-7-9-11-22)12-13-25(45)41-24(20-44)30(50)40-19-29(49)39-18-28(48)38-17-27(47)37-16-26(46)36-14-15-55-43-33(53)57-35(4,5)6/h7-11,23-24,44H,12-21H2,1-6H3,(H,36,46)(H,37,47)(H,38,48)(H,39,49)(H,40,50)(H,41,45)(H,42,52)(H,43,53)/t23-,24-/m0/s1. The number of nitrogens with one attached hydrogen (secondary N) is 8. The molecule has 8 amide bonds. The molecule has 0 aliphatic heterocycles. The number of benzene rings is 1. The molecular formula is C35H54N8O14. The van der Waals surface area contributed by atoms with Gasteiger partial charge in [0.1, 0.15) is 29.9 Å². The van der Waals surface area contributed by atoms with Crippen molar-refractivity contribution >= 4 is 53.6 Å². The van der Waals surface area contributed by atoms with Gasteiger partial charge in [0.15, 0.2) is 0 Å². The molecule has 0 spiro atoms. The van der Waals surface area contributed by atoms with E-state index < -0.39 is 110 Å². The van der Waals surface area contributed by atoms with Crippen molar-refractivity contribution in [2.75, 3.05) is 45.9 Å².